The molecule has 6 aromatic rings. The summed E-state index contributed by atoms with van der Waals surface area (Å²) in [5.74, 6) is 0. The molecule has 500 valence electrons. The minimum atomic E-state index is -1.30. The maximum Gasteiger partial charge on any atom is 2.00 e. The molecule has 0 heterocycles. The first kappa shape index (κ1) is 103. The van der Waals surface area contributed by atoms with E-state index in [9.17, 15) is 0 Å². The molecule has 0 aliphatic carbocycles. The predicted molar refractivity (Wildman–Crippen MR) is 376 cm³/mol. The first-order valence-electron chi connectivity index (χ1n) is 28.4. The molecule has 0 aromatic heterocycles. The van der Waals surface area contributed by atoms with Gasteiger partial charge in [-0.3, -0.25) is 0 Å². The van der Waals surface area contributed by atoms with Crippen molar-refractivity contribution in [3.8, 4) is 0 Å². The standard InChI is InChI=1S/4C11H17.2C8H11P.4C2H6O2S.2Ni.2Zr/c4*1-6-11-9(4)7(2)8(3)10(11)5;2*1-9(2)8-6-4-3-5-7-8;4*3-2(4)1-5;;;;/h4*6H2,1-5H3;2*3-7H,1-2H3;4*2-5H,1H2;;;;/q-5;3*-1;;;;;;;2*+2;;/p-2. The molecule has 8 nitrogen and oxygen atoms in total. The number of rotatable bonds is 10. The van der Waals surface area contributed by atoms with Crippen LogP contribution in [0.25, 0.3) is 0 Å². The van der Waals surface area contributed by atoms with E-state index in [1.54, 1.807) is 22.3 Å². The average molecular weight is 1550 g/mol. The summed E-state index contributed by atoms with van der Waals surface area (Å²) in [4.78, 5) is 0. The van der Waals surface area contributed by atoms with Crippen LogP contribution in [0.4, 0.5) is 0 Å². The summed E-state index contributed by atoms with van der Waals surface area (Å²) < 4.78 is 0. The Balaban J connectivity index is -0.000000132. The smallest absolute Gasteiger partial charge is 0.788 e. The van der Waals surface area contributed by atoms with E-state index in [0.29, 0.717) is 0 Å². The van der Waals surface area contributed by atoms with Crippen LogP contribution in [0.3, 0.4) is 0 Å². The van der Waals surface area contributed by atoms with Gasteiger partial charge < -0.3 is 119 Å². The molecule has 0 amide bonds. The van der Waals surface area contributed by atoms with E-state index in [0.717, 1.165) is 0 Å². The molecule has 0 spiro atoms. The normalized spacial score (nSPS) is 9.79. The van der Waals surface area contributed by atoms with E-state index in [1.165, 1.54) is 125 Å². The van der Waals surface area contributed by atoms with E-state index in [2.05, 4.69) is 276 Å². The molecular formula is C68H112Ni2O8P2S4Zr2-6. The first-order valence-corrected chi connectivity index (χ1v) is 35.7. The van der Waals surface area contributed by atoms with E-state index in [1.807, 2.05) is 0 Å². The molecular weight excluding hydrogens is 1430 g/mol. The molecule has 0 fully saturated rings. The fourth-order valence-electron chi connectivity index (χ4n) is 8.85. The predicted octanol–water partition coefficient (Wildman–Crippen LogP) is 11.7. The van der Waals surface area contributed by atoms with Crippen molar-refractivity contribution in [2.45, 2.75) is 189 Å². The van der Waals surface area contributed by atoms with Crippen molar-refractivity contribution >= 4 is 77.0 Å². The third-order valence-corrected chi connectivity index (χ3v) is 19.3. The Morgan fingerprint density at radius 1 is 0.337 bits per heavy atom. The van der Waals surface area contributed by atoms with Crippen LogP contribution >= 0.6 is 15.8 Å². The summed E-state index contributed by atoms with van der Waals surface area (Å²) in [7, 11) is -0.424. The van der Waals surface area contributed by atoms with Gasteiger partial charge in [-0.05, 0) is 24.3 Å². The molecule has 0 atom stereocenters. The second kappa shape index (κ2) is 58.1. The summed E-state index contributed by atoms with van der Waals surface area (Å²) in [6.45, 7) is 53.7. The zero-order valence-corrected chi connectivity index (χ0v) is 68.7. The second-order valence-corrected chi connectivity index (χ2v) is 27.1. The number of hydrogen-bond acceptors (Lipinski definition) is 12. The summed E-state index contributed by atoms with van der Waals surface area (Å²) in [5, 5.41) is 65.5. The third kappa shape index (κ3) is 40.6. The van der Waals surface area contributed by atoms with Gasteiger partial charge in [0.2, 0.25) is 0 Å². The molecule has 0 aliphatic heterocycles. The maximum atomic E-state index is 7.81. The van der Waals surface area contributed by atoms with Crippen LogP contribution in [0.15, 0.2) is 60.7 Å². The van der Waals surface area contributed by atoms with Crippen molar-refractivity contribution in [2.75, 3.05) is 49.7 Å². The summed E-state index contributed by atoms with van der Waals surface area (Å²) in [6.07, 6.45) is -0.512. The Morgan fingerprint density at radius 2 is 0.500 bits per heavy atom. The minimum Gasteiger partial charge on any atom is -0.788 e. The Bertz CT molecular complexity index is 2170. The first-order chi connectivity index (χ1) is 38.1. The number of aliphatic hydroxyl groups excluding tert-OH is 4. The van der Waals surface area contributed by atoms with Gasteiger partial charge in [-0.25, -0.2) is 34.1 Å². The Kier molecular flexibility index (Phi) is 69.4. The van der Waals surface area contributed by atoms with E-state index < -0.39 is 25.2 Å². The summed E-state index contributed by atoms with van der Waals surface area (Å²) >= 11 is 16.7. The third-order valence-electron chi connectivity index (χ3n) is 15.1. The molecule has 0 radical (unpaired) electrons. The monoisotopic (exact) mass is 1540 g/mol. The van der Waals surface area contributed by atoms with Gasteiger partial charge in [-0.15, -0.1) is 23.0 Å². The fourth-order valence-corrected chi connectivity index (χ4v) is 10.6. The topological polar surface area (TPSA) is 162 Å². The van der Waals surface area contributed by atoms with Crippen LogP contribution in [0.1, 0.15) is 139 Å². The molecule has 6 aromatic carbocycles. The molecule has 8 N–H and O–H groups in total. The van der Waals surface area contributed by atoms with E-state index >= 15 is 0 Å². The quantitative estimate of drug-likeness (QED) is 0.0216. The van der Waals surface area contributed by atoms with Crippen molar-refractivity contribution in [1.29, 1.82) is 0 Å². The molecule has 18 heteroatoms. The fraction of sp³-hybridized carbons (Fsp3) is 0.529. The van der Waals surface area contributed by atoms with Gasteiger partial charge in [0.25, 0.3) is 0 Å². The molecule has 0 saturated carbocycles. The summed E-state index contributed by atoms with van der Waals surface area (Å²) in [6, 6.07) is 21.4. The Labute approximate surface area is 607 Å². The molecule has 0 unspecified atom stereocenters. The van der Waals surface area contributed by atoms with Crippen LogP contribution in [-0.4, -0.2) is 116 Å². The van der Waals surface area contributed by atoms with E-state index in [4.69, 9.17) is 40.9 Å². The Morgan fingerprint density at radius 3 is 0.581 bits per heavy atom. The van der Waals surface area contributed by atoms with Gasteiger partial charge in [-0.1, -0.05) is 166 Å². The van der Waals surface area contributed by atoms with Crippen LogP contribution < -0.4 is 10.6 Å². The average Bonchev–Trinajstić information content (AvgIpc) is 3.94. The van der Waals surface area contributed by atoms with Crippen molar-refractivity contribution in [1.82, 2.24) is 0 Å². The van der Waals surface area contributed by atoms with Crippen molar-refractivity contribution < 1.29 is 126 Å². The number of aliphatic hydroxyl groups is 8. The second-order valence-electron chi connectivity index (χ2n) is 20.6. The van der Waals surface area contributed by atoms with Gasteiger partial charge in [-0.2, -0.15) is 83.5 Å². The maximum absolute atomic E-state index is 7.81. The molecule has 86 heavy (non-hydrogen) atoms. The minimum absolute atomic E-state index is 0. The van der Waals surface area contributed by atoms with Crippen molar-refractivity contribution in [2.24, 2.45) is 0 Å². The largest absolute Gasteiger partial charge is 2.00 e. The van der Waals surface area contributed by atoms with Gasteiger partial charge in [0, 0.05) is 68.3 Å². The van der Waals surface area contributed by atoms with Gasteiger partial charge in [0.15, 0.2) is 0 Å². The molecule has 0 saturated heterocycles. The summed E-state index contributed by atoms with van der Waals surface area (Å²) in [5.41, 5.74) is 30.1. The van der Waals surface area contributed by atoms with Crippen LogP contribution in [0.5, 0.6) is 0 Å². The van der Waals surface area contributed by atoms with Gasteiger partial charge >= 0.3 is 33.0 Å². The number of benzene rings is 2. The van der Waals surface area contributed by atoms with Crippen LogP contribution in [0, 0.1) is 111 Å². The SMILES string of the molecule is CC[c-]1[c-](C)[c-](C)[c-](C)[c-]1C.CC[c-]1c(C)c(C)c(C)c1C.CC[c-]1c(C)c(C)c(C)c1C.CC[c-]1c(C)c(C)c(C)c1C.C[PH+](C)c1ccccc1.C[PH+](C)c1ccccc1.OC(O)C[S-].OC(O)C[S-].OC(O)C[S-].OC(O)C[S-].[Ni+2].[Ni+2].[Zr].[Zr]. The van der Waals surface area contributed by atoms with Crippen LogP contribution in [-0.2, 0) is 162 Å². The molecule has 0 bridgehead atoms. The Hall–Kier alpha value is 0.533. The van der Waals surface area contributed by atoms with E-state index in [-0.39, 0.29) is 124 Å². The van der Waals surface area contributed by atoms with Gasteiger partial charge in [0.05, 0.1) is 37.3 Å². The zero-order chi connectivity index (χ0) is 64.9. The molecule has 6 rings (SSSR count). The number of hydrogen-bond donors (Lipinski definition) is 8. The van der Waals surface area contributed by atoms with Crippen molar-refractivity contribution in [3.63, 3.8) is 0 Å². The zero-order valence-electron chi connectivity index (χ0n) is 56.6. The molecule has 0 aliphatic rings. The van der Waals surface area contributed by atoms with Gasteiger partial charge in [0.1, 0.15) is 25.2 Å². The van der Waals surface area contributed by atoms with Crippen LogP contribution in [0.2, 0.25) is 0 Å². The van der Waals surface area contributed by atoms with Crippen molar-refractivity contribution in [3.05, 3.63) is 172 Å².